The lowest BCUT2D eigenvalue weighted by molar-refractivity contribution is -0.125. The lowest BCUT2D eigenvalue weighted by Crippen LogP contribution is -2.28. The summed E-state index contributed by atoms with van der Waals surface area (Å²) in [6, 6.07) is 0. The molecule has 3 nitrogen and oxygen atoms in total. The predicted octanol–water partition coefficient (Wildman–Crippen LogP) is 5.38. The van der Waals surface area contributed by atoms with Gasteiger partial charge in [-0.1, -0.05) is 70.4 Å². The lowest BCUT2D eigenvalue weighted by Gasteiger charge is -2.13. The van der Waals surface area contributed by atoms with E-state index in [2.05, 4.69) is 24.4 Å². The van der Waals surface area contributed by atoms with Crippen LogP contribution in [0.25, 0.3) is 0 Å². The Bertz CT molecular complexity index is 302. The molecule has 3 heteroatoms. The molecule has 0 bridgehead atoms. The van der Waals surface area contributed by atoms with E-state index in [1.54, 1.807) is 7.05 Å². The topological polar surface area (TPSA) is 49.3 Å². The molecule has 0 aromatic carbocycles. The van der Waals surface area contributed by atoms with E-state index in [0.29, 0.717) is 6.42 Å². The molecule has 1 amide bonds. The molecular formula is C21H41NO2. The summed E-state index contributed by atoms with van der Waals surface area (Å²) in [5.41, 5.74) is 0. The Morgan fingerprint density at radius 3 is 1.96 bits per heavy atom. The van der Waals surface area contributed by atoms with E-state index in [0.717, 1.165) is 12.8 Å². The summed E-state index contributed by atoms with van der Waals surface area (Å²) in [6.45, 7) is 2.36. The average molecular weight is 340 g/mol. The summed E-state index contributed by atoms with van der Waals surface area (Å²) < 4.78 is 0. The van der Waals surface area contributed by atoms with Crippen LogP contribution in [-0.2, 0) is 4.79 Å². The number of unbranched alkanes of at least 4 members (excludes halogenated alkanes) is 10. The molecule has 0 radical (unpaired) electrons. The molecule has 0 aromatic heterocycles. The maximum atomic E-state index is 11.6. The van der Waals surface area contributed by atoms with Crippen molar-refractivity contribution in [2.75, 3.05) is 13.7 Å². The Hall–Kier alpha value is -0.830. The fraction of sp³-hybridized carbons (Fsp3) is 0.857. The highest BCUT2D eigenvalue weighted by molar-refractivity contribution is 5.78. The van der Waals surface area contributed by atoms with Crippen LogP contribution in [-0.4, -0.2) is 24.7 Å². The van der Waals surface area contributed by atoms with Gasteiger partial charge in [-0.15, -0.1) is 0 Å². The second-order valence-corrected chi connectivity index (χ2v) is 6.84. The standard InChI is InChI=1S/C21H41NO2/c1-3-4-5-6-7-8-9-10-11-12-13-14-15-16-17-20(18-19-23)21(24)22-2/h10-11,20,23H,3-9,12-19H2,1-2H3,(H,22,24). The lowest BCUT2D eigenvalue weighted by atomic mass is 9.96. The van der Waals surface area contributed by atoms with Crippen molar-refractivity contribution in [2.45, 2.75) is 96.8 Å². The molecule has 0 spiro atoms. The maximum Gasteiger partial charge on any atom is 0.222 e. The fourth-order valence-electron chi connectivity index (χ4n) is 3.05. The summed E-state index contributed by atoms with van der Waals surface area (Å²) in [5.74, 6) is 0.0545. The number of nitrogens with one attached hydrogen (secondary N) is 1. The molecule has 0 aromatic rings. The summed E-state index contributed by atoms with van der Waals surface area (Å²) >= 11 is 0. The van der Waals surface area contributed by atoms with Gasteiger partial charge in [-0.25, -0.2) is 0 Å². The van der Waals surface area contributed by atoms with Crippen molar-refractivity contribution in [1.29, 1.82) is 0 Å². The number of hydrogen-bond acceptors (Lipinski definition) is 2. The van der Waals surface area contributed by atoms with E-state index in [9.17, 15) is 4.79 Å². The number of amides is 1. The first-order chi connectivity index (χ1) is 11.8. The molecule has 0 aliphatic heterocycles. The zero-order chi connectivity index (χ0) is 17.9. The largest absolute Gasteiger partial charge is 0.396 e. The van der Waals surface area contributed by atoms with Crippen LogP contribution >= 0.6 is 0 Å². The Morgan fingerprint density at radius 2 is 1.42 bits per heavy atom. The molecule has 142 valence electrons. The van der Waals surface area contributed by atoms with E-state index < -0.39 is 0 Å². The molecule has 1 unspecified atom stereocenters. The maximum absolute atomic E-state index is 11.6. The zero-order valence-corrected chi connectivity index (χ0v) is 16.2. The molecular weight excluding hydrogens is 298 g/mol. The minimum Gasteiger partial charge on any atom is -0.396 e. The fourth-order valence-corrected chi connectivity index (χ4v) is 3.05. The minimum atomic E-state index is -0.0165. The Labute approximate surface area is 150 Å². The van der Waals surface area contributed by atoms with Crippen molar-refractivity contribution in [3.63, 3.8) is 0 Å². The summed E-state index contributed by atoms with van der Waals surface area (Å²) in [5, 5.41) is 11.7. The second kappa shape index (κ2) is 18.5. The van der Waals surface area contributed by atoms with Gasteiger partial charge in [0.15, 0.2) is 0 Å². The van der Waals surface area contributed by atoms with E-state index in [-0.39, 0.29) is 18.4 Å². The van der Waals surface area contributed by atoms with Crippen LogP contribution in [0, 0.1) is 5.92 Å². The molecule has 0 fully saturated rings. The highest BCUT2D eigenvalue weighted by Gasteiger charge is 2.15. The molecule has 0 aliphatic carbocycles. The summed E-state index contributed by atoms with van der Waals surface area (Å²) in [7, 11) is 1.67. The number of hydrogen-bond donors (Lipinski definition) is 2. The first kappa shape index (κ1) is 23.2. The number of aliphatic hydroxyl groups excluding tert-OH is 1. The van der Waals surface area contributed by atoms with Crippen LogP contribution in [0.3, 0.4) is 0 Å². The summed E-state index contributed by atoms with van der Waals surface area (Å²) in [6.07, 6.45) is 21.6. The smallest absolute Gasteiger partial charge is 0.222 e. The molecule has 24 heavy (non-hydrogen) atoms. The molecule has 0 saturated heterocycles. The molecule has 0 aliphatic rings. The quantitative estimate of drug-likeness (QED) is 0.276. The van der Waals surface area contributed by atoms with E-state index in [1.807, 2.05) is 0 Å². The molecule has 0 rings (SSSR count). The van der Waals surface area contributed by atoms with Gasteiger partial charge in [-0.2, -0.15) is 0 Å². The van der Waals surface area contributed by atoms with Gasteiger partial charge in [0, 0.05) is 19.6 Å². The van der Waals surface area contributed by atoms with Gasteiger partial charge in [0.25, 0.3) is 0 Å². The van der Waals surface area contributed by atoms with Crippen LogP contribution in [0.4, 0.5) is 0 Å². The zero-order valence-electron chi connectivity index (χ0n) is 16.2. The number of aliphatic hydroxyl groups is 1. The van der Waals surface area contributed by atoms with Crippen molar-refractivity contribution in [3.05, 3.63) is 12.2 Å². The van der Waals surface area contributed by atoms with Crippen molar-refractivity contribution in [2.24, 2.45) is 5.92 Å². The second-order valence-electron chi connectivity index (χ2n) is 6.84. The third kappa shape index (κ3) is 14.7. The number of allylic oxidation sites excluding steroid dienone is 2. The monoisotopic (exact) mass is 339 g/mol. The highest BCUT2D eigenvalue weighted by Crippen LogP contribution is 2.15. The Kier molecular flexibility index (Phi) is 17.9. The number of carbonyl (C=O) groups excluding carboxylic acids is 1. The van der Waals surface area contributed by atoms with Crippen molar-refractivity contribution in [1.82, 2.24) is 5.32 Å². The summed E-state index contributed by atoms with van der Waals surface area (Å²) in [4.78, 5) is 11.6. The van der Waals surface area contributed by atoms with Gasteiger partial charge >= 0.3 is 0 Å². The van der Waals surface area contributed by atoms with Gasteiger partial charge < -0.3 is 10.4 Å². The number of rotatable bonds is 17. The third-order valence-electron chi connectivity index (χ3n) is 4.66. The highest BCUT2D eigenvalue weighted by atomic mass is 16.3. The van der Waals surface area contributed by atoms with Crippen molar-refractivity contribution < 1.29 is 9.90 Å². The van der Waals surface area contributed by atoms with Gasteiger partial charge in [0.2, 0.25) is 5.91 Å². The minimum absolute atomic E-state index is 0.0165. The van der Waals surface area contributed by atoms with Gasteiger partial charge in [-0.3, -0.25) is 4.79 Å². The van der Waals surface area contributed by atoms with E-state index in [4.69, 9.17) is 5.11 Å². The number of carbonyl (C=O) groups is 1. The van der Waals surface area contributed by atoms with E-state index >= 15 is 0 Å². The average Bonchev–Trinajstić information content (AvgIpc) is 2.60. The molecule has 0 saturated carbocycles. The SMILES string of the molecule is CCCCCCCCC=CCCCCCCC(CCO)C(=O)NC. The van der Waals surface area contributed by atoms with Crippen LogP contribution in [0.15, 0.2) is 12.2 Å². The van der Waals surface area contributed by atoms with Crippen LogP contribution in [0.5, 0.6) is 0 Å². The molecule has 0 heterocycles. The molecule has 2 N–H and O–H groups in total. The third-order valence-corrected chi connectivity index (χ3v) is 4.66. The first-order valence-corrected chi connectivity index (χ1v) is 10.2. The van der Waals surface area contributed by atoms with Crippen molar-refractivity contribution >= 4 is 5.91 Å². The predicted molar refractivity (Wildman–Crippen MR) is 104 cm³/mol. The van der Waals surface area contributed by atoms with Crippen LogP contribution in [0.1, 0.15) is 96.8 Å². The molecule has 1 atom stereocenters. The van der Waals surface area contributed by atoms with Gasteiger partial charge in [0.1, 0.15) is 0 Å². The Balaban J connectivity index is 3.40. The normalized spacial score (nSPS) is 12.6. The van der Waals surface area contributed by atoms with Crippen molar-refractivity contribution in [3.8, 4) is 0 Å². The first-order valence-electron chi connectivity index (χ1n) is 10.2. The van der Waals surface area contributed by atoms with E-state index in [1.165, 1.54) is 70.6 Å². The van der Waals surface area contributed by atoms with Crippen LogP contribution < -0.4 is 5.32 Å². The Morgan fingerprint density at radius 1 is 0.875 bits per heavy atom. The van der Waals surface area contributed by atoms with Crippen LogP contribution in [0.2, 0.25) is 0 Å². The van der Waals surface area contributed by atoms with Gasteiger partial charge in [-0.05, 0) is 38.5 Å². The van der Waals surface area contributed by atoms with Gasteiger partial charge in [0.05, 0.1) is 0 Å².